The van der Waals surface area contributed by atoms with Gasteiger partial charge < -0.3 is 10.5 Å². The van der Waals surface area contributed by atoms with Crippen LogP contribution < -0.4 is 10.5 Å². The fourth-order valence-electron chi connectivity index (χ4n) is 2.12. The average Bonchev–Trinajstić information content (AvgIpc) is 2.73. The van der Waals surface area contributed by atoms with Gasteiger partial charge in [-0.3, -0.25) is 0 Å². The standard InChI is InChI=1S/C13H17NOS/c1-9-8-10(13(14)16)6-7-12(9)15-11-4-2-3-5-11/h6-8,11H,2-5H2,1H3,(H2,14,16). The van der Waals surface area contributed by atoms with Crippen molar-refractivity contribution in [1.29, 1.82) is 0 Å². The molecule has 0 radical (unpaired) electrons. The molecule has 0 spiro atoms. The van der Waals surface area contributed by atoms with E-state index in [9.17, 15) is 0 Å². The van der Waals surface area contributed by atoms with Crippen LogP contribution in [0.15, 0.2) is 18.2 Å². The van der Waals surface area contributed by atoms with E-state index in [4.69, 9.17) is 22.7 Å². The summed E-state index contributed by atoms with van der Waals surface area (Å²) in [4.78, 5) is 0.440. The third-order valence-corrected chi connectivity index (χ3v) is 3.29. The molecule has 0 saturated heterocycles. The lowest BCUT2D eigenvalue weighted by molar-refractivity contribution is 0.208. The van der Waals surface area contributed by atoms with Crippen LogP contribution >= 0.6 is 12.2 Å². The van der Waals surface area contributed by atoms with Crippen LogP contribution in [-0.2, 0) is 0 Å². The largest absolute Gasteiger partial charge is 0.490 e. The molecule has 2 rings (SSSR count). The van der Waals surface area contributed by atoms with Crippen molar-refractivity contribution in [1.82, 2.24) is 0 Å². The lowest BCUT2D eigenvalue weighted by atomic mass is 10.1. The normalized spacial score (nSPS) is 16.3. The second-order valence-electron chi connectivity index (χ2n) is 4.37. The molecule has 0 atom stereocenters. The first kappa shape index (κ1) is 11.4. The van der Waals surface area contributed by atoms with E-state index in [0.717, 1.165) is 16.9 Å². The van der Waals surface area contributed by atoms with E-state index in [1.54, 1.807) is 0 Å². The lowest BCUT2D eigenvalue weighted by Gasteiger charge is -2.15. The summed E-state index contributed by atoms with van der Waals surface area (Å²) in [5, 5.41) is 0. The van der Waals surface area contributed by atoms with Gasteiger partial charge >= 0.3 is 0 Å². The van der Waals surface area contributed by atoms with Crippen molar-refractivity contribution < 1.29 is 4.74 Å². The van der Waals surface area contributed by atoms with E-state index in [-0.39, 0.29) is 0 Å². The Labute approximate surface area is 102 Å². The zero-order valence-electron chi connectivity index (χ0n) is 9.53. The molecule has 86 valence electrons. The van der Waals surface area contributed by atoms with Gasteiger partial charge in [0.15, 0.2) is 0 Å². The number of ether oxygens (including phenoxy) is 1. The van der Waals surface area contributed by atoms with Crippen LogP contribution in [0.2, 0.25) is 0 Å². The first-order chi connectivity index (χ1) is 7.66. The molecule has 1 aromatic rings. The monoisotopic (exact) mass is 235 g/mol. The van der Waals surface area contributed by atoms with Crippen LogP contribution in [0, 0.1) is 6.92 Å². The zero-order valence-corrected chi connectivity index (χ0v) is 10.3. The van der Waals surface area contributed by atoms with Crippen molar-refractivity contribution in [3.05, 3.63) is 29.3 Å². The highest BCUT2D eigenvalue weighted by Gasteiger charge is 2.17. The molecule has 16 heavy (non-hydrogen) atoms. The van der Waals surface area contributed by atoms with Gasteiger partial charge in [-0.25, -0.2) is 0 Å². The van der Waals surface area contributed by atoms with Crippen molar-refractivity contribution in [3.8, 4) is 5.75 Å². The summed E-state index contributed by atoms with van der Waals surface area (Å²) in [6.45, 7) is 2.03. The highest BCUT2D eigenvalue weighted by molar-refractivity contribution is 7.80. The van der Waals surface area contributed by atoms with Gasteiger partial charge in [0.25, 0.3) is 0 Å². The third-order valence-electron chi connectivity index (χ3n) is 3.06. The first-order valence-electron chi connectivity index (χ1n) is 5.74. The molecule has 0 heterocycles. The van der Waals surface area contributed by atoms with Gasteiger partial charge in [-0.2, -0.15) is 0 Å². The quantitative estimate of drug-likeness (QED) is 0.818. The van der Waals surface area contributed by atoms with Crippen LogP contribution in [-0.4, -0.2) is 11.1 Å². The number of rotatable bonds is 3. The van der Waals surface area contributed by atoms with Crippen LogP contribution in [0.3, 0.4) is 0 Å². The number of aryl methyl sites for hydroxylation is 1. The molecule has 1 aliphatic carbocycles. The summed E-state index contributed by atoms with van der Waals surface area (Å²) in [6, 6.07) is 5.90. The molecule has 0 bridgehead atoms. The second-order valence-corrected chi connectivity index (χ2v) is 4.81. The zero-order chi connectivity index (χ0) is 11.5. The van der Waals surface area contributed by atoms with Crippen molar-refractivity contribution in [2.75, 3.05) is 0 Å². The van der Waals surface area contributed by atoms with Crippen molar-refractivity contribution in [2.45, 2.75) is 38.7 Å². The van der Waals surface area contributed by atoms with E-state index in [1.807, 2.05) is 25.1 Å². The Hall–Kier alpha value is -1.09. The molecule has 1 fully saturated rings. The Kier molecular flexibility index (Phi) is 3.44. The molecule has 3 heteroatoms. The molecule has 1 aliphatic rings. The number of hydrogen-bond donors (Lipinski definition) is 1. The molecule has 0 amide bonds. The average molecular weight is 235 g/mol. The van der Waals surface area contributed by atoms with E-state index >= 15 is 0 Å². The second kappa shape index (κ2) is 4.83. The van der Waals surface area contributed by atoms with Gasteiger partial charge in [0, 0.05) is 5.56 Å². The first-order valence-corrected chi connectivity index (χ1v) is 6.15. The molecule has 1 saturated carbocycles. The number of benzene rings is 1. The topological polar surface area (TPSA) is 35.2 Å². The van der Waals surface area contributed by atoms with Gasteiger partial charge in [-0.05, 0) is 56.4 Å². The molecular formula is C13H17NOS. The van der Waals surface area contributed by atoms with Crippen LogP contribution in [0.5, 0.6) is 5.75 Å². The van der Waals surface area contributed by atoms with Gasteiger partial charge in [0.2, 0.25) is 0 Å². The summed E-state index contributed by atoms with van der Waals surface area (Å²) >= 11 is 4.95. The minimum atomic E-state index is 0.398. The number of nitrogens with two attached hydrogens (primary N) is 1. The fourth-order valence-corrected chi connectivity index (χ4v) is 2.25. The molecular weight excluding hydrogens is 218 g/mol. The highest BCUT2D eigenvalue weighted by atomic mass is 32.1. The minimum Gasteiger partial charge on any atom is -0.490 e. The Bertz CT molecular complexity index is 397. The maximum atomic E-state index is 5.96. The third kappa shape index (κ3) is 2.53. The molecule has 0 aromatic heterocycles. The number of hydrogen-bond acceptors (Lipinski definition) is 2. The minimum absolute atomic E-state index is 0.398. The van der Waals surface area contributed by atoms with Crippen molar-refractivity contribution in [3.63, 3.8) is 0 Å². The summed E-state index contributed by atoms with van der Waals surface area (Å²) in [7, 11) is 0. The molecule has 2 nitrogen and oxygen atoms in total. The highest BCUT2D eigenvalue weighted by Crippen LogP contribution is 2.26. The predicted octanol–water partition coefficient (Wildman–Crippen LogP) is 2.95. The molecule has 0 unspecified atom stereocenters. The van der Waals surface area contributed by atoms with Gasteiger partial charge in [-0.15, -0.1) is 0 Å². The molecule has 1 aromatic carbocycles. The lowest BCUT2D eigenvalue weighted by Crippen LogP contribution is -2.13. The fraction of sp³-hybridized carbons (Fsp3) is 0.462. The predicted molar refractivity (Wildman–Crippen MR) is 70.0 cm³/mol. The van der Waals surface area contributed by atoms with Gasteiger partial charge in [0.05, 0.1) is 6.10 Å². The Balaban J connectivity index is 2.12. The Morgan fingerprint density at radius 3 is 2.62 bits per heavy atom. The SMILES string of the molecule is Cc1cc(C(N)=S)ccc1OC1CCCC1. The number of thiocarbonyl (C=S) groups is 1. The van der Waals surface area contributed by atoms with Crippen LogP contribution in [0.4, 0.5) is 0 Å². The van der Waals surface area contributed by atoms with Crippen LogP contribution in [0.25, 0.3) is 0 Å². The Morgan fingerprint density at radius 1 is 1.38 bits per heavy atom. The summed E-state index contributed by atoms with van der Waals surface area (Å²) in [6.07, 6.45) is 5.32. The summed E-state index contributed by atoms with van der Waals surface area (Å²) < 4.78 is 5.96. The van der Waals surface area contributed by atoms with Gasteiger partial charge in [-0.1, -0.05) is 12.2 Å². The van der Waals surface area contributed by atoms with E-state index in [2.05, 4.69) is 0 Å². The van der Waals surface area contributed by atoms with Crippen LogP contribution in [0.1, 0.15) is 36.8 Å². The smallest absolute Gasteiger partial charge is 0.122 e. The Morgan fingerprint density at radius 2 is 2.06 bits per heavy atom. The van der Waals surface area contributed by atoms with E-state index in [1.165, 1.54) is 25.7 Å². The summed E-state index contributed by atoms with van der Waals surface area (Å²) in [5.41, 5.74) is 7.60. The van der Waals surface area contributed by atoms with Crippen molar-refractivity contribution >= 4 is 17.2 Å². The van der Waals surface area contributed by atoms with E-state index < -0.39 is 0 Å². The van der Waals surface area contributed by atoms with Gasteiger partial charge in [0.1, 0.15) is 10.7 Å². The maximum Gasteiger partial charge on any atom is 0.122 e. The molecule has 2 N–H and O–H groups in total. The summed E-state index contributed by atoms with van der Waals surface area (Å²) in [5.74, 6) is 0.965. The van der Waals surface area contributed by atoms with Crippen molar-refractivity contribution in [2.24, 2.45) is 5.73 Å². The maximum absolute atomic E-state index is 5.96. The molecule has 0 aliphatic heterocycles. The van der Waals surface area contributed by atoms with E-state index in [0.29, 0.717) is 11.1 Å².